The summed E-state index contributed by atoms with van der Waals surface area (Å²) >= 11 is 7.56. The molecule has 0 unspecified atom stereocenters. The molecule has 4 aromatic rings. The predicted molar refractivity (Wildman–Crippen MR) is 126 cm³/mol. The molecule has 0 spiro atoms. The zero-order chi connectivity index (χ0) is 21.1. The highest BCUT2D eigenvalue weighted by Crippen LogP contribution is 2.30. The second kappa shape index (κ2) is 8.82. The number of thiazole rings is 1. The Morgan fingerprint density at radius 3 is 2.17 bits per heavy atom. The Morgan fingerprint density at radius 1 is 0.900 bits per heavy atom. The zero-order valence-electron chi connectivity index (χ0n) is 16.7. The molecule has 0 fully saturated rings. The topological polar surface area (TPSA) is 42.0 Å². The van der Waals surface area contributed by atoms with E-state index in [2.05, 4.69) is 19.2 Å². The van der Waals surface area contributed by atoms with Crippen LogP contribution in [-0.2, 0) is 0 Å². The molecule has 5 heteroatoms. The van der Waals surface area contributed by atoms with Crippen LogP contribution in [-0.4, -0.2) is 10.9 Å². The number of aromatic nitrogens is 1. The van der Waals surface area contributed by atoms with Gasteiger partial charge in [-0.05, 0) is 47.9 Å². The molecule has 1 aromatic heterocycles. The molecule has 30 heavy (non-hydrogen) atoms. The Balaban J connectivity index is 1.45. The van der Waals surface area contributed by atoms with E-state index in [1.807, 2.05) is 78.2 Å². The van der Waals surface area contributed by atoms with Gasteiger partial charge >= 0.3 is 0 Å². The van der Waals surface area contributed by atoms with Crippen molar-refractivity contribution >= 4 is 34.5 Å². The van der Waals surface area contributed by atoms with E-state index in [0.717, 1.165) is 27.5 Å². The summed E-state index contributed by atoms with van der Waals surface area (Å²) in [7, 11) is 0. The Hall–Kier alpha value is -2.95. The molecule has 0 aliphatic carbocycles. The van der Waals surface area contributed by atoms with Crippen molar-refractivity contribution in [1.82, 2.24) is 4.98 Å². The Kier molecular flexibility index (Phi) is 5.98. The predicted octanol–water partition coefficient (Wildman–Crippen LogP) is 7.51. The SMILES string of the molecule is CC(C)c1ccc(C(=O)Nc2ccc(-c3csc(-c4ccc(Cl)cc4)n3)cc2)cc1. The van der Waals surface area contributed by atoms with Crippen LogP contribution in [0.25, 0.3) is 21.8 Å². The maximum absolute atomic E-state index is 12.5. The fourth-order valence-electron chi connectivity index (χ4n) is 3.08. The Morgan fingerprint density at radius 2 is 1.53 bits per heavy atom. The lowest BCUT2D eigenvalue weighted by Crippen LogP contribution is -2.11. The molecule has 0 saturated heterocycles. The van der Waals surface area contributed by atoms with Crippen molar-refractivity contribution in [2.75, 3.05) is 5.32 Å². The van der Waals surface area contributed by atoms with Crippen LogP contribution < -0.4 is 5.32 Å². The van der Waals surface area contributed by atoms with E-state index in [1.54, 1.807) is 11.3 Å². The van der Waals surface area contributed by atoms with Gasteiger partial charge in [-0.25, -0.2) is 4.98 Å². The van der Waals surface area contributed by atoms with Crippen molar-refractivity contribution in [2.45, 2.75) is 19.8 Å². The number of hydrogen-bond acceptors (Lipinski definition) is 3. The molecular formula is C25H21ClN2OS. The second-order valence-electron chi connectivity index (χ2n) is 7.35. The van der Waals surface area contributed by atoms with E-state index in [0.29, 0.717) is 16.5 Å². The summed E-state index contributed by atoms with van der Waals surface area (Å²) in [5, 5.41) is 6.65. The number of hydrogen-bond donors (Lipinski definition) is 1. The monoisotopic (exact) mass is 432 g/mol. The second-order valence-corrected chi connectivity index (χ2v) is 8.65. The minimum atomic E-state index is -0.114. The highest BCUT2D eigenvalue weighted by Gasteiger charge is 2.09. The van der Waals surface area contributed by atoms with Crippen LogP contribution in [0.4, 0.5) is 5.69 Å². The van der Waals surface area contributed by atoms with E-state index < -0.39 is 0 Å². The number of carbonyl (C=O) groups excluding carboxylic acids is 1. The smallest absolute Gasteiger partial charge is 0.255 e. The number of rotatable bonds is 5. The van der Waals surface area contributed by atoms with Gasteiger partial charge in [0, 0.05) is 32.8 Å². The van der Waals surface area contributed by atoms with Crippen LogP contribution in [0.3, 0.4) is 0 Å². The van der Waals surface area contributed by atoms with E-state index in [-0.39, 0.29) is 5.91 Å². The number of benzene rings is 3. The maximum atomic E-state index is 12.5. The van der Waals surface area contributed by atoms with E-state index in [4.69, 9.17) is 16.6 Å². The van der Waals surface area contributed by atoms with Gasteiger partial charge in [0.1, 0.15) is 5.01 Å². The molecule has 3 aromatic carbocycles. The van der Waals surface area contributed by atoms with Crippen molar-refractivity contribution in [3.05, 3.63) is 94.3 Å². The van der Waals surface area contributed by atoms with E-state index >= 15 is 0 Å². The van der Waals surface area contributed by atoms with Gasteiger partial charge in [-0.2, -0.15) is 0 Å². The third-order valence-corrected chi connectivity index (χ3v) is 6.02. The zero-order valence-corrected chi connectivity index (χ0v) is 18.3. The third kappa shape index (κ3) is 4.61. The minimum Gasteiger partial charge on any atom is -0.322 e. The molecular weight excluding hydrogens is 412 g/mol. The number of halogens is 1. The molecule has 150 valence electrons. The van der Waals surface area contributed by atoms with Gasteiger partial charge in [0.05, 0.1) is 5.69 Å². The van der Waals surface area contributed by atoms with Crippen molar-refractivity contribution in [2.24, 2.45) is 0 Å². The first-order valence-electron chi connectivity index (χ1n) is 9.73. The quantitative estimate of drug-likeness (QED) is 0.354. The Labute approximate surface area is 185 Å². The summed E-state index contributed by atoms with van der Waals surface area (Å²) in [5.41, 5.74) is 5.58. The summed E-state index contributed by atoms with van der Waals surface area (Å²) in [6.07, 6.45) is 0. The van der Waals surface area contributed by atoms with E-state index in [9.17, 15) is 4.79 Å². The summed E-state index contributed by atoms with van der Waals surface area (Å²) in [6.45, 7) is 4.27. The van der Waals surface area contributed by atoms with Crippen LogP contribution in [0.5, 0.6) is 0 Å². The number of nitrogens with one attached hydrogen (secondary N) is 1. The molecule has 4 rings (SSSR count). The first-order chi connectivity index (χ1) is 14.5. The molecule has 1 N–H and O–H groups in total. The molecule has 0 atom stereocenters. The number of anilines is 1. The van der Waals surface area contributed by atoms with Crippen molar-refractivity contribution in [1.29, 1.82) is 0 Å². The molecule has 3 nitrogen and oxygen atoms in total. The fourth-order valence-corrected chi connectivity index (χ4v) is 4.04. The minimum absolute atomic E-state index is 0.114. The van der Waals surface area contributed by atoms with Crippen LogP contribution >= 0.6 is 22.9 Å². The molecule has 0 aliphatic rings. The highest BCUT2D eigenvalue weighted by molar-refractivity contribution is 7.13. The normalized spacial score (nSPS) is 10.9. The molecule has 0 aliphatic heterocycles. The fraction of sp³-hybridized carbons (Fsp3) is 0.120. The number of carbonyl (C=O) groups is 1. The van der Waals surface area contributed by atoms with Crippen molar-refractivity contribution < 1.29 is 4.79 Å². The van der Waals surface area contributed by atoms with Gasteiger partial charge in [-0.3, -0.25) is 4.79 Å². The molecule has 0 bridgehead atoms. The van der Waals surface area contributed by atoms with Gasteiger partial charge in [0.25, 0.3) is 5.91 Å². The highest BCUT2D eigenvalue weighted by atomic mass is 35.5. The average Bonchev–Trinajstić information content (AvgIpc) is 3.25. The summed E-state index contributed by atoms with van der Waals surface area (Å²) in [6, 6.07) is 23.2. The first kappa shape index (κ1) is 20.3. The standard InChI is InChI=1S/C25H21ClN2OS/c1-16(2)17-3-5-19(6-4-17)24(29)27-22-13-9-18(10-14-22)23-15-30-25(28-23)20-7-11-21(26)12-8-20/h3-16H,1-2H3,(H,27,29). The van der Waals surface area contributed by atoms with Crippen molar-refractivity contribution in [3.63, 3.8) is 0 Å². The lowest BCUT2D eigenvalue weighted by molar-refractivity contribution is 0.102. The van der Waals surface area contributed by atoms with Gasteiger partial charge in [0.2, 0.25) is 0 Å². The average molecular weight is 433 g/mol. The van der Waals surface area contributed by atoms with Crippen LogP contribution in [0.1, 0.15) is 35.7 Å². The Bertz CT molecular complexity index is 1150. The summed E-state index contributed by atoms with van der Waals surface area (Å²) < 4.78 is 0. The van der Waals surface area contributed by atoms with Gasteiger partial charge in [0.15, 0.2) is 0 Å². The van der Waals surface area contributed by atoms with Crippen LogP contribution in [0.2, 0.25) is 5.02 Å². The summed E-state index contributed by atoms with van der Waals surface area (Å²) in [4.78, 5) is 17.2. The van der Waals surface area contributed by atoms with Gasteiger partial charge in [-0.1, -0.05) is 61.8 Å². The molecule has 0 saturated carbocycles. The van der Waals surface area contributed by atoms with Gasteiger partial charge in [-0.15, -0.1) is 11.3 Å². The third-order valence-electron chi connectivity index (χ3n) is 4.87. The van der Waals surface area contributed by atoms with Crippen LogP contribution in [0, 0.1) is 0 Å². The number of nitrogens with zero attached hydrogens (tertiary/aromatic N) is 1. The molecule has 1 heterocycles. The van der Waals surface area contributed by atoms with Crippen molar-refractivity contribution in [3.8, 4) is 21.8 Å². The maximum Gasteiger partial charge on any atom is 0.255 e. The first-order valence-corrected chi connectivity index (χ1v) is 11.0. The molecule has 0 radical (unpaired) electrons. The molecule has 1 amide bonds. The lowest BCUT2D eigenvalue weighted by Gasteiger charge is -2.08. The summed E-state index contributed by atoms with van der Waals surface area (Å²) in [5.74, 6) is 0.331. The van der Waals surface area contributed by atoms with Crippen LogP contribution in [0.15, 0.2) is 78.2 Å². The van der Waals surface area contributed by atoms with E-state index in [1.165, 1.54) is 5.56 Å². The van der Waals surface area contributed by atoms with Gasteiger partial charge < -0.3 is 5.32 Å². The lowest BCUT2D eigenvalue weighted by atomic mass is 10.0. The number of amides is 1. The largest absolute Gasteiger partial charge is 0.322 e.